The van der Waals surface area contributed by atoms with Crippen LogP contribution in [0.4, 0.5) is 5.00 Å². The fourth-order valence-electron chi connectivity index (χ4n) is 1.62. The van der Waals surface area contributed by atoms with Gasteiger partial charge < -0.3 is 10.0 Å². The topological polar surface area (TPSA) is 83.7 Å². The first-order chi connectivity index (χ1) is 7.58. The van der Waals surface area contributed by atoms with Crippen molar-refractivity contribution in [1.82, 2.24) is 4.90 Å². The lowest BCUT2D eigenvalue weighted by Gasteiger charge is -2.13. The molecule has 0 radical (unpaired) electrons. The molecule has 0 aliphatic carbocycles. The number of rotatable bonds is 2. The van der Waals surface area contributed by atoms with E-state index < -0.39 is 11.0 Å². The van der Waals surface area contributed by atoms with Gasteiger partial charge >= 0.3 is 5.00 Å². The second-order valence-electron chi connectivity index (χ2n) is 3.59. The zero-order valence-electron chi connectivity index (χ0n) is 8.33. The summed E-state index contributed by atoms with van der Waals surface area (Å²) in [5.41, 5.74) is 0. The third-order valence-electron chi connectivity index (χ3n) is 2.43. The molecule has 1 fully saturated rings. The van der Waals surface area contributed by atoms with Crippen LogP contribution in [0.15, 0.2) is 12.1 Å². The lowest BCUT2D eigenvalue weighted by atomic mass is 10.3. The van der Waals surface area contributed by atoms with E-state index in [1.54, 1.807) is 0 Å². The number of hydrogen-bond donors (Lipinski definition) is 1. The molecule has 7 heteroatoms. The molecule has 0 saturated carbocycles. The quantitative estimate of drug-likeness (QED) is 0.616. The molecule has 2 rings (SSSR count). The third kappa shape index (κ3) is 2.05. The van der Waals surface area contributed by atoms with Gasteiger partial charge in [0.25, 0.3) is 5.91 Å². The largest absolute Gasteiger partial charge is 0.391 e. The number of nitro groups is 1. The first kappa shape index (κ1) is 11.0. The average Bonchev–Trinajstić information content (AvgIpc) is 2.84. The molecule has 2 heterocycles. The van der Waals surface area contributed by atoms with Crippen LogP contribution in [0.25, 0.3) is 0 Å². The Morgan fingerprint density at radius 3 is 2.88 bits per heavy atom. The lowest BCUT2D eigenvalue weighted by Crippen LogP contribution is -2.28. The number of likely N-dealkylation sites (tertiary alicyclic amines) is 1. The van der Waals surface area contributed by atoms with Crippen molar-refractivity contribution < 1.29 is 14.8 Å². The first-order valence-electron chi connectivity index (χ1n) is 4.79. The van der Waals surface area contributed by atoms with Crippen LogP contribution < -0.4 is 0 Å². The molecule has 1 amide bonds. The summed E-state index contributed by atoms with van der Waals surface area (Å²) in [6.45, 7) is 0.816. The summed E-state index contributed by atoms with van der Waals surface area (Å²) in [5, 5.41) is 19.7. The van der Waals surface area contributed by atoms with E-state index in [-0.39, 0.29) is 10.9 Å². The van der Waals surface area contributed by atoms with Gasteiger partial charge in [-0.15, -0.1) is 0 Å². The molecule has 0 aromatic carbocycles. The number of hydrogen-bond acceptors (Lipinski definition) is 5. The van der Waals surface area contributed by atoms with E-state index in [4.69, 9.17) is 0 Å². The number of carbonyl (C=O) groups is 1. The fraction of sp³-hybridized carbons (Fsp3) is 0.444. The number of nitrogens with zero attached hydrogens (tertiary/aromatic N) is 2. The SMILES string of the molecule is O=C(c1ccc([N+](=O)[O-])s1)N1CC[C@@H](O)C1. The molecule has 6 nitrogen and oxygen atoms in total. The van der Waals surface area contributed by atoms with Crippen LogP contribution in [0, 0.1) is 10.1 Å². The molecule has 0 bridgehead atoms. The molecule has 1 aliphatic rings. The molecular formula is C9H10N2O4S. The highest BCUT2D eigenvalue weighted by Gasteiger charge is 2.27. The Bertz CT molecular complexity index is 431. The van der Waals surface area contributed by atoms with E-state index in [0.29, 0.717) is 24.4 Å². The molecule has 1 aromatic heterocycles. The van der Waals surface area contributed by atoms with Crippen LogP contribution >= 0.6 is 11.3 Å². The van der Waals surface area contributed by atoms with Gasteiger partial charge in [-0.25, -0.2) is 0 Å². The molecular weight excluding hydrogens is 232 g/mol. The second kappa shape index (κ2) is 4.18. The molecule has 1 saturated heterocycles. The Kier molecular flexibility index (Phi) is 2.88. The van der Waals surface area contributed by atoms with Gasteiger partial charge in [-0.2, -0.15) is 0 Å². The minimum absolute atomic E-state index is 0.0388. The number of amides is 1. The van der Waals surface area contributed by atoms with E-state index in [0.717, 1.165) is 11.3 Å². The van der Waals surface area contributed by atoms with Crippen molar-refractivity contribution in [3.8, 4) is 0 Å². The summed E-state index contributed by atoms with van der Waals surface area (Å²) in [6, 6.07) is 2.78. The van der Waals surface area contributed by atoms with Crippen molar-refractivity contribution in [3.63, 3.8) is 0 Å². The van der Waals surface area contributed by atoms with Gasteiger partial charge in [0, 0.05) is 19.2 Å². The van der Waals surface area contributed by atoms with E-state index >= 15 is 0 Å². The van der Waals surface area contributed by atoms with Crippen molar-refractivity contribution in [1.29, 1.82) is 0 Å². The van der Waals surface area contributed by atoms with Gasteiger partial charge in [-0.3, -0.25) is 14.9 Å². The first-order valence-corrected chi connectivity index (χ1v) is 5.61. The van der Waals surface area contributed by atoms with Crippen LogP contribution in [0.3, 0.4) is 0 Å². The zero-order valence-corrected chi connectivity index (χ0v) is 9.14. The zero-order chi connectivity index (χ0) is 11.7. The molecule has 16 heavy (non-hydrogen) atoms. The molecule has 1 atom stereocenters. The van der Waals surface area contributed by atoms with E-state index in [2.05, 4.69) is 0 Å². The monoisotopic (exact) mass is 242 g/mol. The van der Waals surface area contributed by atoms with E-state index in [1.807, 2.05) is 0 Å². The van der Waals surface area contributed by atoms with Gasteiger partial charge in [0.1, 0.15) is 0 Å². The summed E-state index contributed by atoms with van der Waals surface area (Å²) >= 11 is 0.865. The van der Waals surface area contributed by atoms with E-state index in [9.17, 15) is 20.0 Å². The summed E-state index contributed by atoms with van der Waals surface area (Å²) < 4.78 is 0. The molecule has 1 aromatic rings. The molecule has 1 aliphatic heterocycles. The van der Waals surface area contributed by atoms with Gasteiger partial charge in [0.15, 0.2) is 0 Å². The van der Waals surface area contributed by atoms with Gasteiger partial charge in [-0.1, -0.05) is 11.3 Å². The van der Waals surface area contributed by atoms with Crippen molar-refractivity contribution in [3.05, 3.63) is 27.1 Å². The van der Waals surface area contributed by atoms with Crippen molar-refractivity contribution in [2.24, 2.45) is 0 Å². The van der Waals surface area contributed by atoms with Crippen LogP contribution in [-0.4, -0.2) is 40.0 Å². The number of thiophene rings is 1. The van der Waals surface area contributed by atoms with Crippen molar-refractivity contribution in [2.75, 3.05) is 13.1 Å². The second-order valence-corrected chi connectivity index (χ2v) is 4.65. The predicted molar refractivity (Wildman–Crippen MR) is 57.5 cm³/mol. The van der Waals surface area contributed by atoms with E-state index in [1.165, 1.54) is 17.0 Å². The molecule has 0 spiro atoms. The van der Waals surface area contributed by atoms with Crippen LogP contribution in [0.5, 0.6) is 0 Å². The molecule has 0 unspecified atom stereocenters. The Labute approximate surface area is 95.3 Å². The number of carbonyl (C=O) groups excluding carboxylic acids is 1. The Morgan fingerprint density at radius 2 is 2.38 bits per heavy atom. The minimum Gasteiger partial charge on any atom is -0.391 e. The Hall–Kier alpha value is -1.47. The number of aliphatic hydroxyl groups is 1. The summed E-state index contributed by atoms with van der Waals surface area (Å²) in [5.74, 6) is -0.241. The Balaban J connectivity index is 2.11. The van der Waals surface area contributed by atoms with Crippen LogP contribution in [0.1, 0.15) is 16.1 Å². The van der Waals surface area contributed by atoms with Gasteiger partial charge in [-0.05, 0) is 12.5 Å². The lowest BCUT2D eigenvalue weighted by molar-refractivity contribution is -0.380. The number of aliphatic hydroxyl groups excluding tert-OH is 1. The normalized spacial score (nSPS) is 20.1. The summed E-state index contributed by atoms with van der Waals surface area (Å²) in [6.07, 6.45) is 0.0954. The number of β-amino-alcohol motifs (C(OH)–C–C–N with tert-alkyl or cyclic N) is 1. The maximum atomic E-state index is 11.8. The fourth-order valence-corrected chi connectivity index (χ4v) is 2.41. The highest BCUT2D eigenvalue weighted by atomic mass is 32.1. The highest BCUT2D eigenvalue weighted by molar-refractivity contribution is 7.17. The standard InChI is InChI=1S/C9H10N2O4S/c12-6-3-4-10(5-6)9(13)7-1-2-8(16-7)11(14)15/h1-2,6,12H,3-5H2/t6-/m1/s1. The van der Waals surface area contributed by atoms with Gasteiger partial charge in [0.2, 0.25) is 0 Å². The molecule has 1 N–H and O–H groups in total. The average molecular weight is 242 g/mol. The third-order valence-corrected chi connectivity index (χ3v) is 3.46. The summed E-state index contributed by atoms with van der Waals surface area (Å²) in [4.78, 5) is 23.6. The predicted octanol–water partition coefficient (Wildman–Crippen LogP) is 0.863. The minimum atomic E-state index is -0.514. The van der Waals surface area contributed by atoms with Crippen LogP contribution in [0.2, 0.25) is 0 Å². The summed E-state index contributed by atoms with van der Waals surface area (Å²) in [7, 11) is 0. The van der Waals surface area contributed by atoms with Gasteiger partial charge in [0.05, 0.1) is 15.9 Å². The maximum Gasteiger partial charge on any atom is 0.324 e. The maximum absolute atomic E-state index is 11.8. The smallest absolute Gasteiger partial charge is 0.324 e. The highest BCUT2D eigenvalue weighted by Crippen LogP contribution is 2.26. The Morgan fingerprint density at radius 1 is 1.62 bits per heavy atom. The molecule has 86 valence electrons. The van der Waals surface area contributed by atoms with Crippen molar-refractivity contribution in [2.45, 2.75) is 12.5 Å². The van der Waals surface area contributed by atoms with Crippen molar-refractivity contribution >= 4 is 22.2 Å². The van der Waals surface area contributed by atoms with Crippen LogP contribution in [-0.2, 0) is 0 Å².